The summed E-state index contributed by atoms with van der Waals surface area (Å²) < 4.78 is 6.00. The molecule has 0 N–H and O–H groups in total. The predicted octanol–water partition coefficient (Wildman–Crippen LogP) is 11.3. The van der Waals surface area contributed by atoms with Crippen LogP contribution < -0.4 is 4.74 Å². The van der Waals surface area contributed by atoms with E-state index in [0.29, 0.717) is 46.0 Å². The van der Waals surface area contributed by atoms with Gasteiger partial charge in [-0.3, -0.25) is 29.0 Å². The summed E-state index contributed by atoms with van der Waals surface area (Å²) in [5.41, 5.74) is 3.11. The molecule has 0 bridgehead atoms. The average Bonchev–Trinajstić information content (AvgIpc) is 3.20. The fourth-order valence-corrected chi connectivity index (χ4v) is 8.86. The molecule has 8 rings (SSSR count). The van der Waals surface area contributed by atoms with Crippen molar-refractivity contribution < 1.29 is 23.9 Å². The van der Waals surface area contributed by atoms with Crippen LogP contribution in [0.1, 0.15) is 138 Å². The van der Waals surface area contributed by atoms with Crippen LogP contribution >= 0.6 is 0 Å². The molecule has 0 unspecified atom stereocenters. The van der Waals surface area contributed by atoms with Gasteiger partial charge in [-0.25, -0.2) is 0 Å². The lowest BCUT2D eigenvalue weighted by Gasteiger charge is -2.30. The summed E-state index contributed by atoms with van der Waals surface area (Å²) in [4.78, 5) is 58.8. The van der Waals surface area contributed by atoms with Crippen molar-refractivity contribution in [1.82, 2.24) is 9.80 Å². The quantitative estimate of drug-likeness (QED) is 0.0403. The van der Waals surface area contributed by atoms with Gasteiger partial charge in [0.05, 0.1) is 6.10 Å². The van der Waals surface area contributed by atoms with Crippen molar-refractivity contribution in [3.8, 4) is 5.75 Å². The van der Waals surface area contributed by atoms with Crippen LogP contribution in [0.5, 0.6) is 5.75 Å². The van der Waals surface area contributed by atoms with Crippen LogP contribution in [0.4, 0.5) is 0 Å². The summed E-state index contributed by atoms with van der Waals surface area (Å²) >= 11 is 0. The van der Waals surface area contributed by atoms with Crippen LogP contribution in [-0.2, 0) is 6.42 Å². The molecule has 2 heterocycles. The third-order valence-electron chi connectivity index (χ3n) is 12.0. The Morgan fingerprint density at radius 2 is 0.945 bits per heavy atom. The Morgan fingerprint density at radius 1 is 0.509 bits per heavy atom. The molecule has 1 atom stereocenters. The number of unbranched alkanes of at least 4 members (excludes halogenated alkanes) is 9. The maximum Gasteiger partial charge on any atom is 0.261 e. The second kappa shape index (κ2) is 15.4. The summed E-state index contributed by atoms with van der Waals surface area (Å²) in [6, 6.07) is 23.1. The van der Waals surface area contributed by atoms with Gasteiger partial charge in [-0.2, -0.15) is 0 Å². The molecule has 2 aliphatic heterocycles. The number of carbonyl (C=O) groups excluding carboxylic acids is 4. The molecular weight excluding hydrogens is 685 g/mol. The van der Waals surface area contributed by atoms with Gasteiger partial charge in [-0.05, 0) is 100 Å². The fraction of sp³-hybridized carbons (Fsp3) is 0.375. The molecule has 2 aliphatic rings. The molecule has 0 saturated heterocycles. The first-order valence-corrected chi connectivity index (χ1v) is 20.5. The molecule has 6 aromatic carbocycles. The molecule has 0 saturated carbocycles. The molecule has 0 spiro atoms. The normalized spacial score (nSPS) is 14.7. The number of amides is 4. The maximum absolute atomic E-state index is 14.1. The molecule has 0 aromatic heterocycles. The van der Waals surface area contributed by atoms with Gasteiger partial charge >= 0.3 is 0 Å². The highest BCUT2D eigenvalue weighted by atomic mass is 16.5. The first kappa shape index (κ1) is 36.7. The first-order valence-electron chi connectivity index (χ1n) is 20.5. The maximum atomic E-state index is 14.1. The van der Waals surface area contributed by atoms with Crippen molar-refractivity contribution in [2.45, 2.75) is 104 Å². The minimum Gasteiger partial charge on any atom is -0.491 e. The van der Waals surface area contributed by atoms with E-state index in [1.807, 2.05) is 79.7 Å². The topological polar surface area (TPSA) is 84.0 Å². The van der Waals surface area contributed by atoms with Crippen LogP contribution in [0.15, 0.2) is 72.8 Å². The van der Waals surface area contributed by atoms with Gasteiger partial charge in [0.2, 0.25) is 0 Å². The summed E-state index contributed by atoms with van der Waals surface area (Å²) in [6.07, 6.45) is 13.4. The fourth-order valence-electron chi connectivity index (χ4n) is 8.86. The molecule has 0 aliphatic carbocycles. The molecule has 7 heteroatoms. The van der Waals surface area contributed by atoms with Crippen molar-refractivity contribution in [1.29, 1.82) is 0 Å². The lowest BCUT2D eigenvalue weighted by atomic mass is 9.82. The Kier molecular flexibility index (Phi) is 10.3. The highest BCUT2D eigenvalue weighted by Gasteiger charge is 2.36. The Morgan fingerprint density at radius 3 is 1.40 bits per heavy atom. The van der Waals surface area contributed by atoms with Crippen LogP contribution in [0.2, 0.25) is 0 Å². The summed E-state index contributed by atoms with van der Waals surface area (Å²) in [5.74, 6) is -0.298. The molecule has 55 heavy (non-hydrogen) atoms. The Hall–Kier alpha value is -5.30. The van der Waals surface area contributed by atoms with Crippen LogP contribution in [0, 0.1) is 0 Å². The molecule has 6 aromatic rings. The number of carbonyl (C=O) groups is 4. The number of nitrogens with zero attached hydrogens (tertiary/aromatic N) is 2. The van der Waals surface area contributed by atoms with Crippen molar-refractivity contribution >= 4 is 66.7 Å². The monoisotopic (exact) mass is 734 g/mol. The van der Waals surface area contributed by atoms with Gasteiger partial charge in [0.15, 0.2) is 0 Å². The van der Waals surface area contributed by atoms with Gasteiger partial charge in [0, 0.05) is 46.1 Å². The van der Waals surface area contributed by atoms with Crippen LogP contribution in [-0.4, -0.2) is 52.6 Å². The lowest BCUT2D eigenvalue weighted by molar-refractivity contribution is 0.0594. The van der Waals surface area contributed by atoms with E-state index in [0.717, 1.165) is 69.3 Å². The van der Waals surface area contributed by atoms with Crippen molar-refractivity contribution in [2.24, 2.45) is 0 Å². The highest BCUT2D eigenvalue weighted by Crippen LogP contribution is 2.46. The molecule has 282 valence electrons. The Labute approximate surface area is 322 Å². The standard InChI is InChI=1S/C48H50N2O5/c1-4-6-7-8-9-10-11-12-13-14-27-49-45(51)37-22-18-33-35-20-24-39-44-40(25-21-36(42(35)44)34-19-23-38(46(49)52)43(37)41(33)34)48(54)50(47(39)53)28-26-31-16-15-17-32(29-31)55-30(3)5-2/h15-25,29-30H,4-14,26-28H2,1-3H3/t30-/m1/s1. The van der Waals surface area contributed by atoms with Gasteiger partial charge in [0.25, 0.3) is 23.6 Å². The number of rotatable bonds is 17. The lowest BCUT2D eigenvalue weighted by Crippen LogP contribution is -2.41. The minimum atomic E-state index is -0.303. The van der Waals surface area contributed by atoms with Gasteiger partial charge in [0.1, 0.15) is 5.75 Å². The number of benzene rings is 6. The minimum absolute atomic E-state index is 0.0957. The van der Waals surface area contributed by atoms with Crippen molar-refractivity contribution in [2.75, 3.05) is 13.1 Å². The van der Waals surface area contributed by atoms with Crippen LogP contribution in [0.25, 0.3) is 43.1 Å². The van der Waals surface area contributed by atoms with E-state index in [1.54, 1.807) is 0 Å². The van der Waals surface area contributed by atoms with Gasteiger partial charge in [-0.15, -0.1) is 0 Å². The van der Waals surface area contributed by atoms with E-state index in [4.69, 9.17) is 4.74 Å². The smallest absolute Gasteiger partial charge is 0.261 e. The number of ether oxygens (including phenoxy) is 1. The average molecular weight is 735 g/mol. The third kappa shape index (κ3) is 6.51. The second-order valence-electron chi connectivity index (χ2n) is 15.6. The van der Waals surface area contributed by atoms with E-state index < -0.39 is 0 Å². The molecule has 0 fully saturated rings. The van der Waals surface area contributed by atoms with E-state index in [2.05, 4.69) is 13.8 Å². The number of hydrogen-bond acceptors (Lipinski definition) is 5. The summed E-state index contributed by atoms with van der Waals surface area (Å²) in [5, 5.41) is 6.69. The molecule has 0 radical (unpaired) electrons. The number of fused-ring (bicyclic) bond motifs is 2. The zero-order chi connectivity index (χ0) is 38.2. The van der Waals surface area contributed by atoms with E-state index in [1.165, 1.54) is 54.7 Å². The first-order chi connectivity index (χ1) is 26.8. The number of hydrogen-bond donors (Lipinski definition) is 0. The molecule has 4 amide bonds. The highest BCUT2D eigenvalue weighted by molar-refractivity contribution is 6.41. The third-order valence-corrected chi connectivity index (χ3v) is 12.0. The largest absolute Gasteiger partial charge is 0.491 e. The summed E-state index contributed by atoms with van der Waals surface area (Å²) in [6.45, 7) is 7.03. The number of imide groups is 2. The molecular formula is C48H50N2O5. The van der Waals surface area contributed by atoms with Crippen LogP contribution in [0.3, 0.4) is 0 Å². The summed E-state index contributed by atoms with van der Waals surface area (Å²) in [7, 11) is 0. The Bertz CT molecular complexity index is 2350. The van der Waals surface area contributed by atoms with Crippen molar-refractivity contribution in [3.63, 3.8) is 0 Å². The SMILES string of the molecule is CCCCCCCCCCCCN1C(=O)c2ccc3c4ccc5c6c(ccc(c7ccc(c2c37)C1=O)c64)C(=O)N(CCc1cccc(O[C@H](C)CC)c1)C5=O. The van der Waals surface area contributed by atoms with Gasteiger partial charge < -0.3 is 4.74 Å². The zero-order valence-electron chi connectivity index (χ0n) is 32.3. The zero-order valence-corrected chi connectivity index (χ0v) is 32.3. The van der Waals surface area contributed by atoms with Crippen molar-refractivity contribution in [3.05, 3.63) is 101 Å². The molecule has 7 nitrogen and oxygen atoms in total. The van der Waals surface area contributed by atoms with Gasteiger partial charge in [-0.1, -0.05) is 108 Å². The predicted molar refractivity (Wildman–Crippen MR) is 221 cm³/mol. The van der Waals surface area contributed by atoms with E-state index in [9.17, 15) is 19.2 Å². The van der Waals surface area contributed by atoms with E-state index in [-0.39, 0.29) is 36.3 Å². The Balaban J connectivity index is 1.06. The van der Waals surface area contributed by atoms with E-state index >= 15 is 0 Å². The second-order valence-corrected chi connectivity index (χ2v) is 15.6.